The van der Waals surface area contributed by atoms with Crippen molar-refractivity contribution in [2.45, 2.75) is 123 Å². The number of carbonyl (C=O) groups excluding carboxylic acids is 1. The van der Waals surface area contributed by atoms with Crippen LogP contribution in [-0.4, -0.2) is 31.6 Å². The maximum Gasteiger partial charge on any atom is 0.283 e. The first-order valence-corrected chi connectivity index (χ1v) is 11.7. The van der Waals surface area contributed by atoms with Gasteiger partial charge in [-0.2, -0.15) is 0 Å². The smallest absolute Gasteiger partial charge is 0.283 e. The van der Waals surface area contributed by atoms with Gasteiger partial charge in [-0.1, -0.05) is 97.3 Å². The summed E-state index contributed by atoms with van der Waals surface area (Å²) in [5, 5.41) is 0. The molecule has 1 rings (SSSR count). The summed E-state index contributed by atoms with van der Waals surface area (Å²) in [5.74, 6) is -0.973. The molecular formula is C23H44O4. The molecule has 0 aromatic heterocycles. The molecule has 27 heavy (non-hydrogen) atoms. The van der Waals surface area contributed by atoms with E-state index in [9.17, 15) is 4.79 Å². The standard InChI is InChI=1S/C23H44O4/c1-3-5-7-9-11-12-13-14-16-18-23(26-20-22(24)21-27-23)25-19-17-15-10-8-6-4-2/h3-21H2,1-2H3. The Balaban J connectivity index is 2.15. The number of hydrogen-bond acceptors (Lipinski definition) is 4. The third-order valence-corrected chi connectivity index (χ3v) is 5.31. The molecule has 0 saturated carbocycles. The van der Waals surface area contributed by atoms with Gasteiger partial charge in [0.25, 0.3) is 5.97 Å². The summed E-state index contributed by atoms with van der Waals surface area (Å²) in [6, 6.07) is 0. The number of hydrogen-bond donors (Lipinski definition) is 0. The van der Waals surface area contributed by atoms with Gasteiger partial charge in [-0.25, -0.2) is 0 Å². The number of rotatable bonds is 18. The van der Waals surface area contributed by atoms with Crippen molar-refractivity contribution in [1.82, 2.24) is 0 Å². The maximum atomic E-state index is 11.4. The van der Waals surface area contributed by atoms with Crippen LogP contribution in [0.3, 0.4) is 0 Å². The third kappa shape index (κ3) is 12.6. The van der Waals surface area contributed by atoms with E-state index >= 15 is 0 Å². The van der Waals surface area contributed by atoms with E-state index in [2.05, 4.69) is 13.8 Å². The van der Waals surface area contributed by atoms with Crippen molar-refractivity contribution in [3.05, 3.63) is 0 Å². The summed E-state index contributed by atoms with van der Waals surface area (Å²) >= 11 is 0. The molecule has 0 aromatic rings. The van der Waals surface area contributed by atoms with Gasteiger partial charge >= 0.3 is 0 Å². The third-order valence-electron chi connectivity index (χ3n) is 5.31. The molecule has 4 nitrogen and oxygen atoms in total. The van der Waals surface area contributed by atoms with E-state index in [0.717, 1.165) is 19.3 Å². The number of unbranched alkanes of at least 4 members (excludes halogenated alkanes) is 13. The van der Waals surface area contributed by atoms with Crippen molar-refractivity contribution in [1.29, 1.82) is 0 Å². The monoisotopic (exact) mass is 384 g/mol. The molecule has 0 amide bonds. The zero-order chi connectivity index (χ0) is 19.6. The van der Waals surface area contributed by atoms with Crippen LogP contribution in [0.2, 0.25) is 0 Å². The normalized spacial score (nSPS) is 16.7. The average Bonchev–Trinajstić information content (AvgIpc) is 2.68. The van der Waals surface area contributed by atoms with Crippen LogP contribution < -0.4 is 0 Å². The van der Waals surface area contributed by atoms with Gasteiger partial charge in [-0.05, 0) is 12.8 Å². The summed E-state index contributed by atoms with van der Waals surface area (Å²) in [5.41, 5.74) is 0. The fourth-order valence-electron chi connectivity index (χ4n) is 3.53. The molecule has 1 aliphatic rings. The van der Waals surface area contributed by atoms with Gasteiger partial charge in [-0.15, -0.1) is 0 Å². The predicted molar refractivity (Wildman–Crippen MR) is 111 cm³/mol. The molecule has 0 aromatic carbocycles. The molecule has 160 valence electrons. The van der Waals surface area contributed by atoms with Crippen LogP contribution in [0.1, 0.15) is 117 Å². The van der Waals surface area contributed by atoms with Crippen LogP contribution in [0.15, 0.2) is 0 Å². The molecule has 4 heteroatoms. The molecule has 0 radical (unpaired) electrons. The van der Waals surface area contributed by atoms with E-state index in [-0.39, 0.29) is 19.0 Å². The Labute approximate surface area is 167 Å². The van der Waals surface area contributed by atoms with Gasteiger partial charge in [0, 0.05) is 6.42 Å². The largest absolute Gasteiger partial charge is 0.327 e. The summed E-state index contributed by atoms with van der Waals surface area (Å²) in [7, 11) is 0. The van der Waals surface area contributed by atoms with Crippen LogP contribution in [0, 0.1) is 0 Å². The zero-order valence-corrected chi connectivity index (χ0v) is 18.1. The minimum Gasteiger partial charge on any atom is -0.327 e. The summed E-state index contributed by atoms with van der Waals surface area (Å²) in [6.07, 6.45) is 19.7. The Morgan fingerprint density at radius 3 is 1.67 bits per heavy atom. The first kappa shape index (κ1) is 24.6. The molecule has 1 heterocycles. The molecule has 0 unspecified atom stereocenters. The Kier molecular flexibility index (Phi) is 15.0. The number of Topliss-reactive ketones (excluding diaryl/α,β-unsaturated/α-hetero) is 1. The summed E-state index contributed by atoms with van der Waals surface area (Å²) in [6.45, 7) is 5.38. The van der Waals surface area contributed by atoms with Gasteiger partial charge in [-0.3, -0.25) is 4.79 Å². The molecule has 1 aliphatic heterocycles. The number of ether oxygens (including phenoxy) is 3. The highest BCUT2D eigenvalue weighted by molar-refractivity contribution is 5.81. The molecular weight excluding hydrogens is 340 g/mol. The van der Waals surface area contributed by atoms with E-state index in [1.165, 1.54) is 83.5 Å². The van der Waals surface area contributed by atoms with Crippen molar-refractivity contribution in [2.75, 3.05) is 19.8 Å². The van der Waals surface area contributed by atoms with Gasteiger partial charge in [0.1, 0.15) is 13.2 Å². The van der Waals surface area contributed by atoms with Gasteiger partial charge in [0.05, 0.1) is 6.61 Å². The SMILES string of the molecule is CCCCCCCCCCCC1(OCCCCCCCC)OCC(=O)CO1. The quantitative estimate of drug-likeness (QED) is 0.251. The molecule has 0 N–H and O–H groups in total. The topological polar surface area (TPSA) is 44.8 Å². The fraction of sp³-hybridized carbons (Fsp3) is 0.957. The highest BCUT2D eigenvalue weighted by atomic mass is 16.9. The van der Waals surface area contributed by atoms with Crippen LogP contribution >= 0.6 is 0 Å². The predicted octanol–water partition coefficient (Wildman–Crippen LogP) is 6.55. The van der Waals surface area contributed by atoms with E-state index in [1.54, 1.807) is 0 Å². The lowest BCUT2D eigenvalue weighted by Gasteiger charge is -2.36. The van der Waals surface area contributed by atoms with Crippen LogP contribution in [0.25, 0.3) is 0 Å². The molecule has 0 aliphatic carbocycles. The first-order chi connectivity index (χ1) is 13.2. The highest BCUT2D eigenvalue weighted by Gasteiger charge is 2.37. The Morgan fingerprint density at radius 2 is 1.15 bits per heavy atom. The van der Waals surface area contributed by atoms with Crippen molar-refractivity contribution >= 4 is 5.78 Å². The lowest BCUT2D eigenvalue weighted by Crippen LogP contribution is -2.47. The summed E-state index contributed by atoms with van der Waals surface area (Å²) < 4.78 is 17.4. The second-order valence-corrected chi connectivity index (χ2v) is 7.99. The first-order valence-electron chi connectivity index (χ1n) is 11.7. The number of carbonyl (C=O) groups is 1. The van der Waals surface area contributed by atoms with Crippen molar-refractivity contribution in [3.63, 3.8) is 0 Å². The Bertz CT molecular complexity index is 346. The van der Waals surface area contributed by atoms with Crippen molar-refractivity contribution in [2.24, 2.45) is 0 Å². The van der Waals surface area contributed by atoms with E-state index in [1.807, 2.05) is 0 Å². The lowest BCUT2D eigenvalue weighted by molar-refractivity contribution is -0.389. The molecule has 0 spiro atoms. The second-order valence-electron chi connectivity index (χ2n) is 7.99. The van der Waals surface area contributed by atoms with Gasteiger partial charge in [0.15, 0.2) is 5.78 Å². The molecule has 0 atom stereocenters. The molecule has 1 fully saturated rings. The maximum absolute atomic E-state index is 11.4. The Hall–Kier alpha value is -0.450. The van der Waals surface area contributed by atoms with Crippen molar-refractivity contribution < 1.29 is 19.0 Å². The Morgan fingerprint density at radius 1 is 0.704 bits per heavy atom. The van der Waals surface area contributed by atoms with E-state index in [0.29, 0.717) is 6.61 Å². The molecule has 1 saturated heterocycles. The summed E-state index contributed by atoms with van der Waals surface area (Å²) in [4.78, 5) is 11.4. The van der Waals surface area contributed by atoms with Crippen LogP contribution in [0.5, 0.6) is 0 Å². The lowest BCUT2D eigenvalue weighted by atomic mass is 10.1. The van der Waals surface area contributed by atoms with Crippen molar-refractivity contribution in [3.8, 4) is 0 Å². The van der Waals surface area contributed by atoms with Gasteiger partial charge in [0.2, 0.25) is 0 Å². The minimum absolute atomic E-state index is 0.000805. The minimum atomic E-state index is -0.974. The van der Waals surface area contributed by atoms with Gasteiger partial charge < -0.3 is 14.2 Å². The number of ketones is 1. The highest BCUT2D eigenvalue weighted by Crippen LogP contribution is 2.27. The van der Waals surface area contributed by atoms with Crippen LogP contribution in [-0.2, 0) is 19.0 Å². The average molecular weight is 385 g/mol. The van der Waals surface area contributed by atoms with E-state index < -0.39 is 5.97 Å². The zero-order valence-electron chi connectivity index (χ0n) is 18.1. The molecule has 0 bridgehead atoms. The fourth-order valence-corrected chi connectivity index (χ4v) is 3.53. The van der Waals surface area contributed by atoms with Crippen LogP contribution in [0.4, 0.5) is 0 Å². The van der Waals surface area contributed by atoms with E-state index in [4.69, 9.17) is 14.2 Å². The second kappa shape index (κ2) is 16.5.